The highest BCUT2D eigenvalue weighted by atomic mass is 16.5. The van der Waals surface area contributed by atoms with Crippen molar-refractivity contribution >= 4 is 28.2 Å². The number of ether oxygens (including phenoxy) is 1. The molecule has 1 fully saturated rings. The molecule has 0 aliphatic carbocycles. The first-order valence-electron chi connectivity index (χ1n) is 10.9. The summed E-state index contributed by atoms with van der Waals surface area (Å²) in [6, 6.07) is 23.0. The second-order valence-corrected chi connectivity index (χ2v) is 8.21. The van der Waals surface area contributed by atoms with Crippen molar-refractivity contribution < 1.29 is 23.8 Å². The van der Waals surface area contributed by atoms with Crippen molar-refractivity contribution in [2.45, 2.75) is 19.5 Å². The number of aryl methyl sites for hydroxylation is 1. The number of nitrogens with zero attached hydrogens (tertiary/aromatic N) is 1. The van der Waals surface area contributed by atoms with E-state index in [9.17, 15) is 14.7 Å². The first-order valence-corrected chi connectivity index (χ1v) is 10.9. The van der Waals surface area contributed by atoms with Crippen LogP contribution in [0.4, 0.5) is 0 Å². The van der Waals surface area contributed by atoms with E-state index in [1.165, 1.54) is 4.90 Å². The lowest BCUT2D eigenvalue weighted by Crippen LogP contribution is -2.29. The molecule has 6 nitrogen and oxygen atoms in total. The molecule has 0 bridgehead atoms. The quantitative estimate of drug-likeness (QED) is 0.250. The Kier molecular flexibility index (Phi) is 5.42. The SMILES string of the molecule is COc1ccccc1CN1C(=O)C(=O)/C(=C(/O)c2cccc3ccccc23)C1c1ccc(C)o1. The minimum absolute atomic E-state index is 0.00519. The van der Waals surface area contributed by atoms with Gasteiger partial charge in [0.05, 0.1) is 19.2 Å². The van der Waals surface area contributed by atoms with E-state index < -0.39 is 17.7 Å². The highest BCUT2D eigenvalue weighted by Gasteiger charge is 2.47. The fourth-order valence-corrected chi connectivity index (χ4v) is 4.53. The zero-order chi connectivity index (χ0) is 23.8. The van der Waals surface area contributed by atoms with E-state index in [4.69, 9.17) is 9.15 Å². The molecule has 1 saturated heterocycles. The van der Waals surface area contributed by atoms with E-state index in [1.807, 2.05) is 54.6 Å². The van der Waals surface area contributed by atoms with Crippen LogP contribution in [0.1, 0.15) is 28.7 Å². The van der Waals surface area contributed by atoms with Gasteiger partial charge in [0.15, 0.2) is 0 Å². The predicted molar refractivity (Wildman–Crippen MR) is 128 cm³/mol. The normalized spacial score (nSPS) is 17.5. The number of amides is 1. The minimum atomic E-state index is -0.877. The van der Waals surface area contributed by atoms with E-state index >= 15 is 0 Å². The third-order valence-electron chi connectivity index (χ3n) is 6.15. The molecule has 4 aromatic rings. The number of fused-ring (bicyclic) bond motifs is 1. The molecule has 1 atom stereocenters. The number of aliphatic hydroxyl groups is 1. The Morgan fingerprint density at radius 2 is 1.71 bits per heavy atom. The van der Waals surface area contributed by atoms with Crippen molar-refractivity contribution in [2.24, 2.45) is 0 Å². The zero-order valence-corrected chi connectivity index (χ0v) is 18.8. The maximum atomic E-state index is 13.3. The maximum Gasteiger partial charge on any atom is 0.296 e. The van der Waals surface area contributed by atoms with Crippen molar-refractivity contribution in [3.05, 3.63) is 107 Å². The van der Waals surface area contributed by atoms with Crippen LogP contribution in [0, 0.1) is 6.92 Å². The third-order valence-corrected chi connectivity index (χ3v) is 6.15. The number of methoxy groups -OCH3 is 1. The molecule has 1 aromatic heterocycles. The Hall–Kier alpha value is -4.32. The summed E-state index contributed by atoms with van der Waals surface area (Å²) in [6.07, 6.45) is 0. The number of furan rings is 1. The molecule has 1 amide bonds. The van der Waals surface area contributed by atoms with Crippen molar-refractivity contribution in [3.8, 4) is 5.75 Å². The van der Waals surface area contributed by atoms with Gasteiger partial charge >= 0.3 is 0 Å². The molecule has 170 valence electrons. The average molecular weight is 453 g/mol. The number of hydrogen-bond donors (Lipinski definition) is 1. The molecule has 3 aromatic carbocycles. The first-order chi connectivity index (χ1) is 16.5. The molecule has 0 radical (unpaired) electrons. The standard InChI is InChI=1S/C28H23NO5/c1-17-14-15-23(34-17)25-24(26(30)21-12-7-10-18-8-3-5-11-20(18)21)27(31)28(32)29(25)16-19-9-4-6-13-22(19)33-2/h3-15,25,30H,16H2,1-2H3/b26-24+. The number of aliphatic hydroxyl groups excluding tert-OH is 1. The van der Waals surface area contributed by atoms with E-state index in [2.05, 4.69) is 0 Å². The number of carbonyl (C=O) groups is 2. The van der Waals surface area contributed by atoms with E-state index in [0.717, 1.165) is 16.3 Å². The summed E-state index contributed by atoms with van der Waals surface area (Å²) < 4.78 is 11.3. The number of hydrogen-bond acceptors (Lipinski definition) is 5. The molecular weight excluding hydrogens is 430 g/mol. The first kappa shape index (κ1) is 21.5. The topological polar surface area (TPSA) is 80.0 Å². The lowest BCUT2D eigenvalue weighted by molar-refractivity contribution is -0.140. The molecule has 1 unspecified atom stereocenters. The molecule has 0 spiro atoms. The van der Waals surface area contributed by atoms with Crippen LogP contribution in [0.15, 0.2) is 88.9 Å². The zero-order valence-electron chi connectivity index (χ0n) is 18.8. The number of likely N-dealkylation sites (tertiary alicyclic amines) is 1. The number of para-hydroxylation sites is 1. The second kappa shape index (κ2) is 8.56. The van der Waals surface area contributed by atoms with Gasteiger partial charge in [-0.25, -0.2) is 0 Å². The molecule has 1 N–H and O–H groups in total. The van der Waals surface area contributed by atoms with Gasteiger partial charge in [0, 0.05) is 11.1 Å². The Balaban J connectivity index is 1.70. The van der Waals surface area contributed by atoms with Crippen LogP contribution in [0.5, 0.6) is 5.75 Å². The molecule has 5 rings (SSSR count). The molecule has 34 heavy (non-hydrogen) atoms. The fourth-order valence-electron chi connectivity index (χ4n) is 4.53. The van der Waals surface area contributed by atoms with Crippen LogP contribution in [-0.4, -0.2) is 28.8 Å². The van der Waals surface area contributed by atoms with E-state index in [-0.39, 0.29) is 17.9 Å². The summed E-state index contributed by atoms with van der Waals surface area (Å²) in [5.74, 6) is -0.0212. The number of ketones is 1. The highest BCUT2D eigenvalue weighted by molar-refractivity contribution is 6.46. The molecule has 1 aliphatic heterocycles. The maximum absolute atomic E-state index is 13.3. The van der Waals surface area contributed by atoms with Crippen LogP contribution in [0.25, 0.3) is 16.5 Å². The van der Waals surface area contributed by atoms with E-state index in [1.54, 1.807) is 38.3 Å². The van der Waals surface area contributed by atoms with Crippen LogP contribution in [-0.2, 0) is 16.1 Å². The number of Topliss-reactive ketones (excluding diaryl/α,β-unsaturated/α-hetero) is 1. The van der Waals surface area contributed by atoms with Gasteiger partial charge in [-0.2, -0.15) is 0 Å². The summed E-state index contributed by atoms with van der Waals surface area (Å²) >= 11 is 0. The van der Waals surface area contributed by atoms with Crippen LogP contribution >= 0.6 is 0 Å². The third kappa shape index (κ3) is 3.53. The lowest BCUT2D eigenvalue weighted by Gasteiger charge is -2.24. The Bertz CT molecular complexity index is 1440. The Morgan fingerprint density at radius 3 is 2.47 bits per heavy atom. The van der Waals surface area contributed by atoms with Crippen molar-refractivity contribution in [1.29, 1.82) is 0 Å². The number of carbonyl (C=O) groups excluding carboxylic acids is 2. The average Bonchev–Trinajstić information content (AvgIpc) is 3.39. The molecule has 1 aliphatic rings. The summed E-state index contributed by atoms with van der Waals surface area (Å²) in [4.78, 5) is 28.0. The van der Waals surface area contributed by atoms with Gasteiger partial charge in [0.2, 0.25) is 0 Å². The van der Waals surface area contributed by atoms with Crippen LogP contribution in [0.2, 0.25) is 0 Å². The fraction of sp³-hybridized carbons (Fsp3) is 0.143. The molecule has 2 heterocycles. The van der Waals surface area contributed by atoms with Gasteiger partial charge < -0.3 is 19.2 Å². The minimum Gasteiger partial charge on any atom is -0.507 e. The van der Waals surface area contributed by atoms with Crippen molar-refractivity contribution in [3.63, 3.8) is 0 Å². The van der Waals surface area contributed by atoms with Gasteiger partial charge in [0.25, 0.3) is 11.7 Å². The van der Waals surface area contributed by atoms with Crippen LogP contribution < -0.4 is 4.74 Å². The Labute approximate surface area is 196 Å². The van der Waals surface area contributed by atoms with Gasteiger partial charge in [-0.1, -0.05) is 60.7 Å². The van der Waals surface area contributed by atoms with Gasteiger partial charge in [-0.3, -0.25) is 9.59 Å². The highest BCUT2D eigenvalue weighted by Crippen LogP contribution is 2.42. The molecule has 0 saturated carbocycles. The monoisotopic (exact) mass is 453 g/mol. The summed E-state index contributed by atoms with van der Waals surface area (Å²) in [6.45, 7) is 1.91. The number of rotatable bonds is 5. The largest absolute Gasteiger partial charge is 0.507 e. The Morgan fingerprint density at radius 1 is 0.971 bits per heavy atom. The summed E-state index contributed by atoms with van der Waals surface area (Å²) in [7, 11) is 1.56. The van der Waals surface area contributed by atoms with Gasteiger partial charge in [-0.05, 0) is 35.9 Å². The smallest absolute Gasteiger partial charge is 0.296 e. The summed E-state index contributed by atoms with van der Waals surface area (Å²) in [5.41, 5.74) is 1.23. The van der Waals surface area contributed by atoms with Crippen molar-refractivity contribution in [2.75, 3.05) is 7.11 Å². The predicted octanol–water partition coefficient (Wildman–Crippen LogP) is 5.37. The second-order valence-electron chi connectivity index (χ2n) is 8.21. The van der Waals surface area contributed by atoms with Crippen LogP contribution in [0.3, 0.4) is 0 Å². The molecule has 6 heteroatoms. The van der Waals surface area contributed by atoms with Gasteiger partial charge in [-0.15, -0.1) is 0 Å². The summed E-state index contributed by atoms with van der Waals surface area (Å²) in [5, 5.41) is 13.1. The number of benzene rings is 3. The molecular formula is C28H23NO5. The van der Waals surface area contributed by atoms with E-state index in [0.29, 0.717) is 22.8 Å². The van der Waals surface area contributed by atoms with Crippen molar-refractivity contribution in [1.82, 2.24) is 4.90 Å². The lowest BCUT2D eigenvalue weighted by atomic mass is 9.96. The van der Waals surface area contributed by atoms with Gasteiger partial charge in [0.1, 0.15) is 29.1 Å².